The molecule has 6 heteroatoms. The number of para-hydroxylation sites is 1. The molecule has 0 saturated carbocycles. The standard InChI is InChI=1S/C21H26N2O3S/c1-3-4-5-8-15-26-19-10-7-6-9-18(19)20(24)23-21(27)22-16-11-13-17(25-2)14-12-16/h6-7,9-14H,3-5,8,15H2,1-2H3,(H2,22,23,24,27). The Bertz CT molecular complexity index is 747. The van der Waals surface area contributed by atoms with Crippen molar-refractivity contribution in [2.75, 3.05) is 19.0 Å². The molecule has 0 atom stereocenters. The number of hydrogen-bond acceptors (Lipinski definition) is 4. The minimum absolute atomic E-state index is 0.225. The van der Waals surface area contributed by atoms with E-state index in [1.54, 1.807) is 25.3 Å². The molecule has 0 aliphatic heterocycles. The molecule has 0 bridgehead atoms. The number of carbonyl (C=O) groups is 1. The fourth-order valence-corrected chi connectivity index (χ4v) is 2.71. The highest BCUT2D eigenvalue weighted by molar-refractivity contribution is 7.80. The lowest BCUT2D eigenvalue weighted by molar-refractivity contribution is 0.0973. The molecule has 0 radical (unpaired) electrons. The molecule has 0 aliphatic rings. The molecule has 2 aromatic carbocycles. The van der Waals surface area contributed by atoms with Gasteiger partial charge in [-0.2, -0.15) is 0 Å². The molecule has 0 saturated heterocycles. The highest BCUT2D eigenvalue weighted by atomic mass is 32.1. The van der Waals surface area contributed by atoms with Gasteiger partial charge in [0.1, 0.15) is 11.5 Å². The first-order chi connectivity index (χ1) is 13.1. The van der Waals surface area contributed by atoms with E-state index >= 15 is 0 Å². The lowest BCUT2D eigenvalue weighted by atomic mass is 10.2. The number of nitrogens with one attached hydrogen (secondary N) is 2. The quantitative estimate of drug-likeness (QED) is 0.480. The van der Waals surface area contributed by atoms with Gasteiger partial charge in [-0.25, -0.2) is 0 Å². The fraction of sp³-hybridized carbons (Fsp3) is 0.333. The third-order valence-electron chi connectivity index (χ3n) is 3.96. The van der Waals surface area contributed by atoms with Crippen LogP contribution < -0.4 is 20.1 Å². The lowest BCUT2D eigenvalue weighted by Crippen LogP contribution is -2.34. The predicted molar refractivity (Wildman–Crippen MR) is 113 cm³/mol. The van der Waals surface area contributed by atoms with Crippen LogP contribution in [0.3, 0.4) is 0 Å². The Morgan fingerprint density at radius 1 is 1.04 bits per heavy atom. The van der Waals surface area contributed by atoms with Gasteiger partial charge in [0.2, 0.25) is 0 Å². The average Bonchev–Trinajstić information content (AvgIpc) is 2.68. The number of unbranched alkanes of at least 4 members (excludes halogenated alkanes) is 3. The van der Waals surface area contributed by atoms with E-state index in [4.69, 9.17) is 21.7 Å². The van der Waals surface area contributed by atoms with Crippen molar-refractivity contribution in [3.05, 3.63) is 54.1 Å². The van der Waals surface area contributed by atoms with Gasteiger partial charge in [-0.3, -0.25) is 10.1 Å². The summed E-state index contributed by atoms with van der Waals surface area (Å²) in [6.07, 6.45) is 4.47. The Hall–Kier alpha value is -2.60. The van der Waals surface area contributed by atoms with Gasteiger partial charge in [0, 0.05) is 5.69 Å². The van der Waals surface area contributed by atoms with E-state index in [0.717, 1.165) is 24.3 Å². The summed E-state index contributed by atoms with van der Waals surface area (Å²) in [5.74, 6) is 1.02. The van der Waals surface area contributed by atoms with Gasteiger partial charge in [-0.1, -0.05) is 38.3 Å². The van der Waals surface area contributed by atoms with Crippen LogP contribution in [-0.2, 0) is 0 Å². The molecule has 144 valence electrons. The van der Waals surface area contributed by atoms with Crippen molar-refractivity contribution in [2.24, 2.45) is 0 Å². The third-order valence-corrected chi connectivity index (χ3v) is 4.17. The van der Waals surface area contributed by atoms with Gasteiger partial charge >= 0.3 is 0 Å². The second-order valence-corrected chi connectivity index (χ2v) is 6.45. The van der Waals surface area contributed by atoms with Gasteiger partial charge in [0.05, 0.1) is 19.3 Å². The summed E-state index contributed by atoms with van der Waals surface area (Å²) >= 11 is 5.24. The summed E-state index contributed by atoms with van der Waals surface area (Å²) in [6, 6.07) is 14.5. The maximum absolute atomic E-state index is 12.6. The van der Waals surface area contributed by atoms with E-state index in [9.17, 15) is 4.79 Å². The van der Waals surface area contributed by atoms with Crippen LogP contribution in [0.4, 0.5) is 5.69 Å². The Kier molecular flexibility index (Phi) is 8.58. The monoisotopic (exact) mass is 386 g/mol. The van der Waals surface area contributed by atoms with Crippen molar-refractivity contribution >= 4 is 28.9 Å². The summed E-state index contributed by atoms with van der Waals surface area (Å²) in [4.78, 5) is 12.6. The molecule has 2 rings (SSSR count). The molecule has 0 aliphatic carbocycles. The summed E-state index contributed by atoms with van der Waals surface area (Å²) in [5, 5.41) is 5.90. The molecule has 2 N–H and O–H groups in total. The summed E-state index contributed by atoms with van der Waals surface area (Å²) < 4.78 is 10.9. The van der Waals surface area contributed by atoms with E-state index in [0.29, 0.717) is 17.9 Å². The van der Waals surface area contributed by atoms with E-state index in [1.807, 2.05) is 30.3 Å². The number of rotatable bonds is 9. The fourth-order valence-electron chi connectivity index (χ4n) is 2.50. The smallest absolute Gasteiger partial charge is 0.261 e. The number of anilines is 1. The zero-order valence-corrected chi connectivity index (χ0v) is 16.6. The van der Waals surface area contributed by atoms with Gasteiger partial charge < -0.3 is 14.8 Å². The molecule has 0 heterocycles. The van der Waals surface area contributed by atoms with Gasteiger partial charge in [-0.05, 0) is 55.0 Å². The first-order valence-corrected chi connectivity index (χ1v) is 9.53. The van der Waals surface area contributed by atoms with Crippen LogP contribution in [0.5, 0.6) is 11.5 Å². The van der Waals surface area contributed by atoms with Crippen LogP contribution in [0, 0.1) is 0 Å². The Labute approximate surface area is 166 Å². The second-order valence-electron chi connectivity index (χ2n) is 6.04. The van der Waals surface area contributed by atoms with Crippen LogP contribution in [0.15, 0.2) is 48.5 Å². The van der Waals surface area contributed by atoms with Crippen LogP contribution in [0.1, 0.15) is 43.0 Å². The molecule has 27 heavy (non-hydrogen) atoms. The van der Waals surface area contributed by atoms with Crippen LogP contribution >= 0.6 is 12.2 Å². The van der Waals surface area contributed by atoms with Gasteiger partial charge in [0.25, 0.3) is 5.91 Å². The van der Waals surface area contributed by atoms with E-state index < -0.39 is 0 Å². The summed E-state index contributed by atoms with van der Waals surface area (Å²) in [5.41, 5.74) is 1.23. The number of benzene rings is 2. The molecule has 2 aromatic rings. The zero-order chi connectivity index (χ0) is 19.5. The Morgan fingerprint density at radius 2 is 1.78 bits per heavy atom. The topological polar surface area (TPSA) is 59.6 Å². The number of thiocarbonyl (C=S) groups is 1. The van der Waals surface area contributed by atoms with Crippen molar-refractivity contribution in [1.82, 2.24) is 5.32 Å². The number of amides is 1. The molecule has 0 aromatic heterocycles. The van der Waals surface area contributed by atoms with Crippen molar-refractivity contribution in [3.63, 3.8) is 0 Å². The van der Waals surface area contributed by atoms with E-state index in [1.165, 1.54) is 12.8 Å². The number of hydrogen-bond donors (Lipinski definition) is 2. The van der Waals surface area contributed by atoms with Crippen LogP contribution in [0.2, 0.25) is 0 Å². The van der Waals surface area contributed by atoms with E-state index in [-0.39, 0.29) is 11.0 Å². The van der Waals surface area contributed by atoms with Crippen molar-refractivity contribution < 1.29 is 14.3 Å². The Morgan fingerprint density at radius 3 is 2.48 bits per heavy atom. The molecule has 0 spiro atoms. The molecule has 5 nitrogen and oxygen atoms in total. The molecule has 1 amide bonds. The van der Waals surface area contributed by atoms with Gasteiger partial charge in [-0.15, -0.1) is 0 Å². The zero-order valence-electron chi connectivity index (χ0n) is 15.8. The highest BCUT2D eigenvalue weighted by Gasteiger charge is 2.13. The van der Waals surface area contributed by atoms with E-state index in [2.05, 4.69) is 17.6 Å². The van der Waals surface area contributed by atoms with Crippen molar-refractivity contribution in [2.45, 2.75) is 32.6 Å². The molecular weight excluding hydrogens is 360 g/mol. The molecular formula is C21H26N2O3S. The Balaban J connectivity index is 1.91. The first-order valence-electron chi connectivity index (χ1n) is 9.12. The maximum Gasteiger partial charge on any atom is 0.261 e. The summed E-state index contributed by atoms with van der Waals surface area (Å²) in [6.45, 7) is 2.77. The number of carbonyl (C=O) groups excluding carboxylic acids is 1. The third kappa shape index (κ3) is 6.90. The highest BCUT2D eigenvalue weighted by Crippen LogP contribution is 2.19. The summed E-state index contributed by atoms with van der Waals surface area (Å²) in [7, 11) is 1.61. The van der Waals surface area contributed by atoms with Crippen LogP contribution in [0.25, 0.3) is 0 Å². The molecule has 0 unspecified atom stereocenters. The lowest BCUT2D eigenvalue weighted by Gasteiger charge is -2.13. The van der Waals surface area contributed by atoms with Crippen LogP contribution in [-0.4, -0.2) is 24.7 Å². The minimum Gasteiger partial charge on any atom is -0.497 e. The van der Waals surface area contributed by atoms with Crippen molar-refractivity contribution in [1.29, 1.82) is 0 Å². The molecule has 0 fully saturated rings. The predicted octanol–water partition coefficient (Wildman–Crippen LogP) is 4.78. The largest absolute Gasteiger partial charge is 0.497 e. The SMILES string of the molecule is CCCCCCOc1ccccc1C(=O)NC(=S)Nc1ccc(OC)cc1. The van der Waals surface area contributed by atoms with Gasteiger partial charge in [0.15, 0.2) is 5.11 Å². The first kappa shape index (κ1) is 20.7. The maximum atomic E-state index is 12.6. The average molecular weight is 387 g/mol. The number of methoxy groups -OCH3 is 1. The minimum atomic E-state index is -0.301. The second kappa shape index (κ2) is 11.2. The van der Waals surface area contributed by atoms with Crippen molar-refractivity contribution in [3.8, 4) is 11.5 Å². The number of ether oxygens (including phenoxy) is 2. The normalized spacial score (nSPS) is 10.1.